The van der Waals surface area contributed by atoms with Crippen LogP contribution in [-0.4, -0.2) is 16.1 Å². The molecule has 0 radical (unpaired) electrons. The topological polar surface area (TPSA) is 67.0 Å². The summed E-state index contributed by atoms with van der Waals surface area (Å²) in [7, 11) is 0. The Morgan fingerprint density at radius 2 is 1.71 bits per heavy atom. The van der Waals surface area contributed by atoms with Gasteiger partial charge in [-0.3, -0.25) is 9.89 Å². The minimum Gasteiger partial charge on any atom is -0.457 e. The van der Waals surface area contributed by atoms with E-state index < -0.39 is 0 Å². The van der Waals surface area contributed by atoms with Crippen molar-refractivity contribution in [2.45, 2.75) is 0 Å². The number of aromatic amines is 1. The molecule has 1 amide bonds. The standard InChI is InChI=1S/C16H13N3O2/c20-16(12-10-17-18-11-12)19-13-6-8-15(9-7-13)21-14-4-2-1-3-5-14/h1-11H,(H,17,18)(H,19,20). The molecule has 1 aromatic heterocycles. The first-order valence-electron chi connectivity index (χ1n) is 6.44. The summed E-state index contributed by atoms with van der Waals surface area (Å²) in [6.07, 6.45) is 3.02. The number of ether oxygens (including phenoxy) is 1. The van der Waals surface area contributed by atoms with Crippen molar-refractivity contribution >= 4 is 11.6 Å². The number of hydrogen-bond acceptors (Lipinski definition) is 3. The van der Waals surface area contributed by atoms with E-state index >= 15 is 0 Å². The van der Waals surface area contributed by atoms with E-state index in [0.717, 1.165) is 5.75 Å². The number of carbonyl (C=O) groups excluding carboxylic acids is 1. The Kier molecular flexibility index (Phi) is 3.64. The molecule has 3 rings (SSSR count). The maximum Gasteiger partial charge on any atom is 0.258 e. The Balaban J connectivity index is 1.65. The maximum absolute atomic E-state index is 11.8. The molecule has 0 bridgehead atoms. The van der Waals surface area contributed by atoms with Crippen molar-refractivity contribution in [3.8, 4) is 11.5 Å². The summed E-state index contributed by atoms with van der Waals surface area (Å²) in [6, 6.07) is 16.7. The zero-order chi connectivity index (χ0) is 14.5. The van der Waals surface area contributed by atoms with E-state index in [9.17, 15) is 4.79 Å². The predicted octanol–water partition coefficient (Wildman–Crippen LogP) is 3.45. The molecule has 2 aromatic carbocycles. The Bertz CT molecular complexity index is 707. The first-order valence-corrected chi connectivity index (χ1v) is 6.44. The number of para-hydroxylation sites is 1. The van der Waals surface area contributed by atoms with Crippen LogP contribution in [0.3, 0.4) is 0 Å². The van der Waals surface area contributed by atoms with Crippen LogP contribution in [0.4, 0.5) is 5.69 Å². The van der Waals surface area contributed by atoms with E-state index in [0.29, 0.717) is 17.0 Å². The second kappa shape index (κ2) is 5.92. The normalized spacial score (nSPS) is 10.1. The van der Waals surface area contributed by atoms with Gasteiger partial charge in [-0.15, -0.1) is 0 Å². The quantitative estimate of drug-likeness (QED) is 0.768. The molecule has 0 unspecified atom stereocenters. The lowest BCUT2D eigenvalue weighted by Gasteiger charge is -2.07. The molecular formula is C16H13N3O2. The number of amides is 1. The third-order valence-corrected chi connectivity index (χ3v) is 2.85. The fourth-order valence-electron chi connectivity index (χ4n) is 1.81. The van der Waals surface area contributed by atoms with Gasteiger partial charge >= 0.3 is 0 Å². The van der Waals surface area contributed by atoms with Gasteiger partial charge in [0.2, 0.25) is 0 Å². The van der Waals surface area contributed by atoms with Gasteiger partial charge in [-0.25, -0.2) is 0 Å². The number of carbonyl (C=O) groups is 1. The number of nitrogens with zero attached hydrogens (tertiary/aromatic N) is 1. The second-order valence-corrected chi connectivity index (χ2v) is 4.38. The lowest BCUT2D eigenvalue weighted by atomic mass is 10.2. The van der Waals surface area contributed by atoms with Crippen LogP contribution < -0.4 is 10.1 Å². The molecule has 21 heavy (non-hydrogen) atoms. The van der Waals surface area contributed by atoms with Gasteiger partial charge < -0.3 is 10.1 Å². The van der Waals surface area contributed by atoms with E-state index in [4.69, 9.17) is 4.74 Å². The number of hydrogen-bond donors (Lipinski definition) is 2. The smallest absolute Gasteiger partial charge is 0.258 e. The number of aromatic nitrogens is 2. The molecule has 0 atom stereocenters. The molecule has 0 fully saturated rings. The highest BCUT2D eigenvalue weighted by molar-refractivity contribution is 6.03. The van der Waals surface area contributed by atoms with Crippen LogP contribution in [-0.2, 0) is 0 Å². The van der Waals surface area contributed by atoms with Gasteiger partial charge in [-0.1, -0.05) is 18.2 Å². The van der Waals surface area contributed by atoms with E-state index in [1.807, 2.05) is 30.3 Å². The molecule has 104 valence electrons. The summed E-state index contributed by atoms with van der Waals surface area (Å²) in [6.45, 7) is 0. The minimum absolute atomic E-state index is 0.208. The zero-order valence-electron chi connectivity index (χ0n) is 11.1. The predicted molar refractivity (Wildman–Crippen MR) is 79.5 cm³/mol. The van der Waals surface area contributed by atoms with Crippen LogP contribution in [0.25, 0.3) is 0 Å². The molecule has 0 saturated carbocycles. The summed E-state index contributed by atoms with van der Waals surface area (Å²) >= 11 is 0. The molecule has 0 aliphatic heterocycles. The molecule has 1 heterocycles. The number of anilines is 1. The summed E-state index contributed by atoms with van der Waals surface area (Å²) in [5.41, 5.74) is 1.18. The van der Waals surface area contributed by atoms with Gasteiger partial charge in [0.25, 0.3) is 5.91 Å². The van der Waals surface area contributed by atoms with Crippen molar-refractivity contribution in [3.05, 3.63) is 72.6 Å². The Hall–Kier alpha value is -3.08. The van der Waals surface area contributed by atoms with Crippen LogP contribution in [0.15, 0.2) is 67.0 Å². The molecule has 2 N–H and O–H groups in total. The first kappa shape index (κ1) is 12.9. The summed E-state index contributed by atoms with van der Waals surface area (Å²) in [5, 5.41) is 9.12. The van der Waals surface area contributed by atoms with Gasteiger partial charge in [0.1, 0.15) is 11.5 Å². The zero-order valence-corrected chi connectivity index (χ0v) is 11.1. The van der Waals surface area contributed by atoms with E-state index in [-0.39, 0.29) is 5.91 Å². The van der Waals surface area contributed by atoms with Crippen LogP contribution in [0.1, 0.15) is 10.4 Å². The molecule has 5 heteroatoms. The average Bonchev–Trinajstić information content (AvgIpc) is 3.05. The molecule has 5 nitrogen and oxygen atoms in total. The average molecular weight is 279 g/mol. The van der Waals surface area contributed by atoms with Crippen molar-refractivity contribution in [3.63, 3.8) is 0 Å². The Labute approximate surface area is 121 Å². The van der Waals surface area contributed by atoms with Crippen molar-refractivity contribution in [1.82, 2.24) is 10.2 Å². The monoisotopic (exact) mass is 279 g/mol. The van der Waals surface area contributed by atoms with Crippen LogP contribution >= 0.6 is 0 Å². The van der Waals surface area contributed by atoms with Crippen molar-refractivity contribution < 1.29 is 9.53 Å². The highest BCUT2D eigenvalue weighted by atomic mass is 16.5. The lowest BCUT2D eigenvalue weighted by molar-refractivity contribution is 0.102. The van der Waals surface area contributed by atoms with Gasteiger partial charge in [-0.05, 0) is 36.4 Å². The molecule has 0 aliphatic carbocycles. The highest BCUT2D eigenvalue weighted by Crippen LogP contribution is 2.22. The SMILES string of the molecule is O=C(Nc1ccc(Oc2ccccc2)cc1)c1cn[nH]c1. The highest BCUT2D eigenvalue weighted by Gasteiger charge is 2.06. The van der Waals surface area contributed by atoms with E-state index in [2.05, 4.69) is 15.5 Å². The molecule has 0 spiro atoms. The third kappa shape index (κ3) is 3.27. The molecule has 0 aliphatic rings. The number of H-pyrrole nitrogens is 1. The molecule has 0 saturated heterocycles. The van der Waals surface area contributed by atoms with Crippen LogP contribution in [0.2, 0.25) is 0 Å². The summed E-state index contributed by atoms with van der Waals surface area (Å²) < 4.78 is 5.68. The number of nitrogens with one attached hydrogen (secondary N) is 2. The van der Waals surface area contributed by atoms with E-state index in [1.165, 1.54) is 6.20 Å². The number of benzene rings is 2. The Morgan fingerprint density at radius 3 is 2.38 bits per heavy atom. The van der Waals surface area contributed by atoms with E-state index in [1.54, 1.807) is 30.5 Å². The fourth-order valence-corrected chi connectivity index (χ4v) is 1.81. The number of rotatable bonds is 4. The second-order valence-electron chi connectivity index (χ2n) is 4.38. The van der Waals surface area contributed by atoms with Crippen LogP contribution in [0.5, 0.6) is 11.5 Å². The fraction of sp³-hybridized carbons (Fsp3) is 0. The maximum atomic E-state index is 11.8. The van der Waals surface area contributed by atoms with Crippen molar-refractivity contribution in [2.24, 2.45) is 0 Å². The van der Waals surface area contributed by atoms with Gasteiger partial charge in [0, 0.05) is 11.9 Å². The molecule has 3 aromatic rings. The summed E-state index contributed by atoms with van der Waals surface area (Å²) in [4.78, 5) is 11.8. The first-order chi connectivity index (χ1) is 10.3. The summed E-state index contributed by atoms with van der Waals surface area (Å²) in [5.74, 6) is 1.27. The minimum atomic E-state index is -0.208. The largest absolute Gasteiger partial charge is 0.457 e. The molecular weight excluding hydrogens is 266 g/mol. The lowest BCUT2D eigenvalue weighted by Crippen LogP contribution is -2.10. The third-order valence-electron chi connectivity index (χ3n) is 2.85. The van der Waals surface area contributed by atoms with Gasteiger partial charge in [0.05, 0.1) is 11.8 Å². The Morgan fingerprint density at radius 1 is 1.00 bits per heavy atom. The van der Waals surface area contributed by atoms with Crippen LogP contribution in [0, 0.1) is 0 Å². The van der Waals surface area contributed by atoms with Crippen molar-refractivity contribution in [2.75, 3.05) is 5.32 Å². The van der Waals surface area contributed by atoms with Gasteiger partial charge in [-0.2, -0.15) is 5.10 Å². The van der Waals surface area contributed by atoms with Crippen molar-refractivity contribution in [1.29, 1.82) is 0 Å². The van der Waals surface area contributed by atoms with Gasteiger partial charge in [0.15, 0.2) is 0 Å².